The standard InChI is InChI=1S/C14H16N4O2/c19-14(18-5-4-12-16-6-7-17-12)10-2-1-3-11-13(10)20-9-8-15-11/h1-3,6-7,15H,4-5,8-9H2,(H,16,17)(H,18,19). The van der Waals surface area contributed by atoms with E-state index in [1.54, 1.807) is 18.5 Å². The number of para-hydroxylation sites is 1. The van der Waals surface area contributed by atoms with Gasteiger partial charge in [0.2, 0.25) is 0 Å². The molecule has 0 saturated heterocycles. The first-order valence-corrected chi connectivity index (χ1v) is 6.61. The summed E-state index contributed by atoms with van der Waals surface area (Å²) in [6.07, 6.45) is 4.14. The molecule has 20 heavy (non-hydrogen) atoms. The van der Waals surface area contributed by atoms with E-state index in [0.29, 0.717) is 30.9 Å². The Morgan fingerprint density at radius 3 is 3.25 bits per heavy atom. The van der Waals surface area contributed by atoms with Crippen molar-refractivity contribution < 1.29 is 9.53 Å². The van der Waals surface area contributed by atoms with Gasteiger partial charge >= 0.3 is 0 Å². The van der Waals surface area contributed by atoms with Crippen LogP contribution in [-0.2, 0) is 6.42 Å². The maximum Gasteiger partial charge on any atom is 0.255 e. The molecule has 0 aliphatic carbocycles. The Morgan fingerprint density at radius 2 is 2.40 bits per heavy atom. The zero-order chi connectivity index (χ0) is 13.8. The van der Waals surface area contributed by atoms with Crippen molar-refractivity contribution in [3.05, 3.63) is 42.0 Å². The van der Waals surface area contributed by atoms with Gasteiger partial charge in [0.25, 0.3) is 5.91 Å². The van der Waals surface area contributed by atoms with Crippen molar-refractivity contribution in [3.8, 4) is 5.75 Å². The quantitative estimate of drug-likeness (QED) is 0.781. The largest absolute Gasteiger partial charge is 0.489 e. The molecule has 1 aromatic carbocycles. The van der Waals surface area contributed by atoms with Crippen molar-refractivity contribution in [2.24, 2.45) is 0 Å². The predicted molar refractivity (Wildman–Crippen MR) is 75.1 cm³/mol. The molecule has 6 heteroatoms. The van der Waals surface area contributed by atoms with Crippen molar-refractivity contribution in [1.29, 1.82) is 0 Å². The van der Waals surface area contributed by atoms with Gasteiger partial charge in [0, 0.05) is 31.9 Å². The summed E-state index contributed by atoms with van der Waals surface area (Å²) in [6, 6.07) is 5.53. The predicted octanol–water partition coefficient (Wildman–Crippen LogP) is 1.19. The minimum absolute atomic E-state index is 0.128. The summed E-state index contributed by atoms with van der Waals surface area (Å²) in [5.74, 6) is 1.37. The number of hydrogen-bond donors (Lipinski definition) is 3. The summed E-state index contributed by atoms with van der Waals surface area (Å²) < 4.78 is 5.59. The molecule has 0 saturated carbocycles. The van der Waals surface area contributed by atoms with E-state index >= 15 is 0 Å². The number of benzene rings is 1. The monoisotopic (exact) mass is 272 g/mol. The van der Waals surface area contributed by atoms with Crippen LogP contribution in [0.4, 0.5) is 5.69 Å². The van der Waals surface area contributed by atoms with Gasteiger partial charge in [-0.05, 0) is 12.1 Å². The number of anilines is 1. The summed E-state index contributed by atoms with van der Waals surface area (Å²) in [6.45, 7) is 1.86. The second-order valence-corrected chi connectivity index (χ2v) is 4.50. The molecule has 3 rings (SSSR count). The Morgan fingerprint density at radius 1 is 1.45 bits per heavy atom. The van der Waals surface area contributed by atoms with Crippen molar-refractivity contribution in [1.82, 2.24) is 15.3 Å². The van der Waals surface area contributed by atoms with Gasteiger partial charge in [-0.25, -0.2) is 4.98 Å². The molecule has 0 atom stereocenters. The molecule has 1 aromatic heterocycles. The Labute approximate surface area is 116 Å². The van der Waals surface area contributed by atoms with Gasteiger partial charge in [-0.3, -0.25) is 4.79 Å². The fraction of sp³-hybridized carbons (Fsp3) is 0.286. The first kappa shape index (κ1) is 12.5. The van der Waals surface area contributed by atoms with Crippen LogP contribution in [-0.4, -0.2) is 35.6 Å². The van der Waals surface area contributed by atoms with Crippen molar-refractivity contribution in [3.63, 3.8) is 0 Å². The van der Waals surface area contributed by atoms with Crippen LogP contribution in [0.3, 0.4) is 0 Å². The lowest BCUT2D eigenvalue weighted by Crippen LogP contribution is -2.28. The van der Waals surface area contributed by atoms with Crippen LogP contribution in [0.2, 0.25) is 0 Å². The minimum atomic E-state index is -0.128. The highest BCUT2D eigenvalue weighted by molar-refractivity contribution is 5.98. The molecule has 0 bridgehead atoms. The van der Waals surface area contributed by atoms with Gasteiger partial charge in [-0.2, -0.15) is 0 Å². The number of aromatic amines is 1. The molecule has 1 amide bonds. The summed E-state index contributed by atoms with van der Waals surface area (Å²) in [5, 5.41) is 6.10. The van der Waals surface area contributed by atoms with E-state index in [-0.39, 0.29) is 5.91 Å². The summed E-state index contributed by atoms with van der Waals surface area (Å²) in [7, 11) is 0. The zero-order valence-electron chi connectivity index (χ0n) is 11.0. The van der Waals surface area contributed by atoms with Gasteiger partial charge in [-0.15, -0.1) is 0 Å². The number of fused-ring (bicyclic) bond motifs is 1. The first-order chi connectivity index (χ1) is 9.84. The molecule has 0 spiro atoms. The van der Waals surface area contributed by atoms with Crippen LogP contribution in [0.5, 0.6) is 5.75 Å². The van der Waals surface area contributed by atoms with E-state index in [1.807, 2.05) is 12.1 Å². The smallest absolute Gasteiger partial charge is 0.255 e. The fourth-order valence-electron chi connectivity index (χ4n) is 2.17. The number of carbonyl (C=O) groups is 1. The highest BCUT2D eigenvalue weighted by atomic mass is 16.5. The third kappa shape index (κ3) is 2.59. The van der Waals surface area contributed by atoms with Gasteiger partial charge in [0.1, 0.15) is 12.4 Å². The second kappa shape index (κ2) is 5.64. The number of ether oxygens (including phenoxy) is 1. The zero-order valence-corrected chi connectivity index (χ0v) is 11.0. The summed E-state index contributed by atoms with van der Waals surface area (Å²) in [5.41, 5.74) is 1.43. The average molecular weight is 272 g/mol. The van der Waals surface area contributed by atoms with Crippen LogP contribution >= 0.6 is 0 Å². The molecular formula is C14H16N4O2. The topological polar surface area (TPSA) is 79.0 Å². The Bertz CT molecular complexity index is 595. The molecule has 0 unspecified atom stereocenters. The van der Waals surface area contributed by atoms with Gasteiger partial charge in [0.15, 0.2) is 5.75 Å². The number of aromatic nitrogens is 2. The van der Waals surface area contributed by atoms with Crippen molar-refractivity contribution in [2.75, 3.05) is 25.0 Å². The van der Waals surface area contributed by atoms with Crippen LogP contribution in [0.15, 0.2) is 30.6 Å². The first-order valence-electron chi connectivity index (χ1n) is 6.61. The normalized spacial score (nSPS) is 13.0. The van der Waals surface area contributed by atoms with Gasteiger partial charge in [0.05, 0.1) is 11.3 Å². The van der Waals surface area contributed by atoms with Crippen LogP contribution in [0.25, 0.3) is 0 Å². The lowest BCUT2D eigenvalue weighted by atomic mass is 10.1. The molecule has 0 fully saturated rings. The number of carbonyl (C=O) groups excluding carboxylic acids is 1. The lowest BCUT2D eigenvalue weighted by molar-refractivity contribution is 0.0950. The number of amides is 1. The lowest BCUT2D eigenvalue weighted by Gasteiger charge is -2.21. The number of hydrogen-bond acceptors (Lipinski definition) is 4. The van der Waals surface area contributed by atoms with E-state index in [0.717, 1.165) is 18.1 Å². The van der Waals surface area contributed by atoms with Crippen molar-refractivity contribution in [2.45, 2.75) is 6.42 Å². The van der Waals surface area contributed by atoms with E-state index in [2.05, 4.69) is 20.6 Å². The van der Waals surface area contributed by atoms with E-state index < -0.39 is 0 Å². The van der Waals surface area contributed by atoms with Crippen LogP contribution in [0, 0.1) is 0 Å². The van der Waals surface area contributed by atoms with Crippen LogP contribution < -0.4 is 15.4 Å². The highest BCUT2D eigenvalue weighted by Gasteiger charge is 2.18. The van der Waals surface area contributed by atoms with Crippen LogP contribution in [0.1, 0.15) is 16.2 Å². The number of H-pyrrole nitrogens is 1. The molecule has 6 nitrogen and oxygen atoms in total. The molecule has 2 aromatic rings. The second-order valence-electron chi connectivity index (χ2n) is 4.50. The Balaban J connectivity index is 1.65. The van der Waals surface area contributed by atoms with Gasteiger partial charge in [-0.1, -0.05) is 6.07 Å². The van der Waals surface area contributed by atoms with E-state index in [1.165, 1.54) is 0 Å². The van der Waals surface area contributed by atoms with Gasteiger partial charge < -0.3 is 20.4 Å². The van der Waals surface area contributed by atoms with E-state index in [4.69, 9.17) is 4.74 Å². The average Bonchev–Trinajstić information content (AvgIpc) is 3.00. The number of nitrogens with one attached hydrogen (secondary N) is 3. The van der Waals surface area contributed by atoms with E-state index in [9.17, 15) is 4.79 Å². The fourth-order valence-corrected chi connectivity index (χ4v) is 2.17. The SMILES string of the molecule is O=C(NCCc1ncc[nH]1)c1cccc2c1OCCN2. The molecule has 1 aliphatic rings. The molecule has 3 N–H and O–H groups in total. The maximum absolute atomic E-state index is 12.2. The number of rotatable bonds is 4. The molecule has 0 radical (unpaired) electrons. The molecular weight excluding hydrogens is 256 g/mol. The molecule has 104 valence electrons. The third-order valence-electron chi connectivity index (χ3n) is 3.13. The Kier molecular flexibility index (Phi) is 3.54. The third-order valence-corrected chi connectivity index (χ3v) is 3.13. The maximum atomic E-state index is 12.2. The number of imidazole rings is 1. The number of nitrogens with zero attached hydrogens (tertiary/aromatic N) is 1. The summed E-state index contributed by atoms with van der Waals surface area (Å²) in [4.78, 5) is 19.3. The Hall–Kier alpha value is -2.50. The minimum Gasteiger partial charge on any atom is -0.489 e. The molecule has 1 aliphatic heterocycles. The summed E-state index contributed by atoms with van der Waals surface area (Å²) >= 11 is 0. The molecule has 2 heterocycles. The van der Waals surface area contributed by atoms with Crippen molar-refractivity contribution >= 4 is 11.6 Å². The highest BCUT2D eigenvalue weighted by Crippen LogP contribution is 2.30.